The van der Waals surface area contributed by atoms with Crippen LogP contribution in [-0.2, 0) is 4.74 Å². The minimum Gasteiger partial charge on any atom is -0.378 e. The third-order valence-corrected chi connectivity index (χ3v) is 3.02. The number of hydrogen-bond acceptors (Lipinski definition) is 3. The summed E-state index contributed by atoms with van der Waals surface area (Å²) in [6.07, 6.45) is 2.64. The highest BCUT2D eigenvalue weighted by molar-refractivity contribution is 4.82. The van der Waals surface area contributed by atoms with Crippen LogP contribution in [-0.4, -0.2) is 43.8 Å². The lowest BCUT2D eigenvalue weighted by Gasteiger charge is -2.41. The summed E-state index contributed by atoms with van der Waals surface area (Å²) in [6.45, 7) is 5.19. The van der Waals surface area contributed by atoms with Crippen molar-refractivity contribution in [1.29, 1.82) is 0 Å². The van der Waals surface area contributed by atoms with Crippen molar-refractivity contribution < 1.29 is 4.74 Å². The molecule has 0 aromatic heterocycles. The molecule has 0 spiro atoms. The van der Waals surface area contributed by atoms with Crippen molar-refractivity contribution in [3.8, 4) is 0 Å². The smallest absolute Gasteiger partial charge is 0.0645 e. The van der Waals surface area contributed by atoms with Gasteiger partial charge in [0.25, 0.3) is 0 Å². The van der Waals surface area contributed by atoms with E-state index in [-0.39, 0.29) is 0 Å². The number of nitrogens with two attached hydrogens (primary N) is 1. The van der Waals surface area contributed by atoms with Gasteiger partial charge in [0.2, 0.25) is 0 Å². The molecule has 2 rings (SSSR count). The van der Waals surface area contributed by atoms with Gasteiger partial charge in [-0.3, -0.25) is 4.90 Å². The molecule has 0 bridgehead atoms. The normalized spacial score (nSPS) is 33.2. The van der Waals surface area contributed by atoms with E-state index in [1.54, 1.807) is 0 Å². The van der Waals surface area contributed by atoms with Gasteiger partial charge in [-0.05, 0) is 31.8 Å². The van der Waals surface area contributed by atoms with Crippen LogP contribution in [0.15, 0.2) is 0 Å². The van der Waals surface area contributed by atoms with Crippen LogP contribution in [0.5, 0.6) is 0 Å². The van der Waals surface area contributed by atoms with Gasteiger partial charge in [0.15, 0.2) is 0 Å². The Morgan fingerprint density at radius 1 is 1.42 bits per heavy atom. The summed E-state index contributed by atoms with van der Waals surface area (Å²) < 4.78 is 5.18. The Morgan fingerprint density at radius 3 is 2.83 bits per heavy atom. The second-order valence-electron chi connectivity index (χ2n) is 3.93. The van der Waals surface area contributed by atoms with E-state index in [1.165, 1.54) is 25.9 Å². The second-order valence-corrected chi connectivity index (χ2v) is 3.93. The lowest BCUT2D eigenvalue weighted by Crippen LogP contribution is -2.53. The molecule has 3 heteroatoms. The molecule has 2 N–H and O–H groups in total. The van der Waals surface area contributed by atoms with Gasteiger partial charge < -0.3 is 10.5 Å². The fourth-order valence-corrected chi connectivity index (χ4v) is 2.06. The molecule has 0 amide bonds. The zero-order valence-electron chi connectivity index (χ0n) is 7.54. The molecule has 1 unspecified atom stereocenters. The van der Waals surface area contributed by atoms with Crippen molar-refractivity contribution in [2.45, 2.75) is 18.9 Å². The van der Waals surface area contributed by atoms with Crippen LogP contribution in [0.3, 0.4) is 0 Å². The maximum Gasteiger partial charge on any atom is 0.0645 e. The molecule has 12 heavy (non-hydrogen) atoms. The number of nitrogens with zero attached hydrogens (tertiary/aromatic N) is 1. The second kappa shape index (κ2) is 3.73. The predicted molar refractivity (Wildman–Crippen MR) is 48.0 cm³/mol. The molecule has 0 aromatic carbocycles. The highest BCUT2D eigenvalue weighted by Crippen LogP contribution is 2.20. The Bertz CT molecular complexity index is 147. The third kappa shape index (κ3) is 1.63. The average Bonchev–Trinajstić information content (AvgIpc) is 2.02. The molecule has 2 heterocycles. The van der Waals surface area contributed by atoms with E-state index in [1.807, 2.05) is 0 Å². The van der Waals surface area contributed by atoms with E-state index in [2.05, 4.69) is 4.90 Å². The van der Waals surface area contributed by atoms with Crippen LogP contribution in [0, 0.1) is 5.92 Å². The largest absolute Gasteiger partial charge is 0.378 e. The molecule has 0 aliphatic carbocycles. The van der Waals surface area contributed by atoms with Crippen LogP contribution >= 0.6 is 0 Å². The van der Waals surface area contributed by atoms with E-state index in [9.17, 15) is 0 Å². The number of likely N-dealkylation sites (tertiary alicyclic amines) is 1. The molecule has 2 fully saturated rings. The van der Waals surface area contributed by atoms with Crippen molar-refractivity contribution >= 4 is 0 Å². The molecular formula is C9H18N2O. The van der Waals surface area contributed by atoms with Gasteiger partial charge in [-0.2, -0.15) is 0 Å². The summed E-state index contributed by atoms with van der Waals surface area (Å²) in [7, 11) is 0. The van der Waals surface area contributed by atoms with Gasteiger partial charge >= 0.3 is 0 Å². The zero-order chi connectivity index (χ0) is 8.39. The van der Waals surface area contributed by atoms with Crippen LogP contribution in [0.2, 0.25) is 0 Å². The fraction of sp³-hybridized carbons (Fsp3) is 1.00. The van der Waals surface area contributed by atoms with Gasteiger partial charge in [-0.15, -0.1) is 0 Å². The lowest BCUT2D eigenvalue weighted by atomic mass is 9.96. The summed E-state index contributed by atoms with van der Waals surface area (Å²) in [5.41, 5.74) is 5.67. The molecule has 2 aliphatic rings. The summed E-state index contributed by atoms with van der Waals surface area (Å²) >= 11 is 0. The number of hydrogen-bond donors (Lipinski definition) is 1. The van der Waals surface area contributed by atoms with Crippen molar-refractivity contribution in [3.63, 3.8) is 0 Å². The van der Waals surface area contributed by atoms with E-state index >= 15 is 0 Å². The number of piperidine rings is 1. The van der Waals surface area contributed by atoms with Crippen LogP contribution in [0.25, 0.3) is 0 Å². The summed E-state index contributed by atoms with van der Waals surface area (Å²) in [6, 6.07) is 0.708. The summed E-state index contributed by atoms with van der Waals surface area (Å²) in [5, 5.41) is 0. The van der Waals surface area contributed by atoms with Crippen molar-refractivity contribution in [2.75, 3.05) is 32.8 Å². The molecule has 2 saturated heterocycles. The maximum absolute atomic E-state index is 5.67. The van der Waals surface area contributed by atoms with E-state index in [4.69, 9.17) is 10.5 Å². The first-order valence-corrected chi connectivity index (χ1v) is 4.92. The van der Waals surface area contributed by atoms with E-state index in [0.29, 0.717) is 6.04 Å². The van der Waals surface area contributed by atoms with Crippen molar-refractivity contribution in [1.82, 2.24) is 4.90 Å². The van der Waals surface area contributed by atoms with Crippen LogP contribution in [0.1, 0.15) is 12.8 Å². The Morgan fingerprint density at radius 2 is 2.25 bits per heavy atom. The minimum atomic E-state index is 0.708. The van der Waals surface area contributed by atoms with Crippen LogP contribution < -0.4 is 5.73 Å². The monoisotopic (exact) mass is 170 g/mol. The first kappa shape index (κ1) is 8.48. The van der Waals surface area contributed by atoms with Crippen molar-refractivity contribution in [2.24, 2.45) is 11.7 Å². The Balaban J connectivity index is 1.81. The van der Waals surface area contributed by atoms with Gasteiger partial charge in [-0.25, -0.2) is 0 Å². The molecule has 1 atom stereocenters. The predicted octanol–water partition coefficient (Wildman–Crippen LogP) is 0.0559. The van der Waals surface area contributed by atoms with Gasteiger partial charge in [0.1, 0.15) is 0 Å². The third-order valence-electron chi connectivity index (χ3n) is 3.02. The van der Waals surface area contributed by atoms with E-state index in [0.717, 1.165) is 25.7 Å². The Hall–Kier alpha value is -0.120. The Kier molecular flexibility index (Phi) is 2.63. The quantitative estimate of drug-likeness (QED) is 0.636. The minimum absolute atomic E-state index is 0.708. The maximum atomic E-state index is 5.67. The zero-order valence-corrected chi connectivity index (χ0v) is 7.54. The van der Waals surface area contributed by atoms with Gasteiger partial charge in [0.05, 0.1) is 19.3 Å². The SMILES string of the molecule is NCC1CCCN(C2COC2)C1. The summed E-state index contributed by atoms with van der Waals surface area (Å²) in [4.78, 5) is 2.55. The topological polar surface area (TPSA) is 38.5 Å². The van der Waals surface area contributed by atoms with E-state index < -0.39 is 0 Å². The molecule has 0 saturated carbocycles. The fourth-order valence-electron chi connectivity index (χ4n) is 2.06. The molecule has 0 aromatic rings. The number of rotatable bonds is 2. The lowest BCUT2D eigenvalue weighted by molar-refractivity contribution is -0.0756. The average molecular weight is 170 g/mol. The molecule has 3 nitrogen and oxygen atoms in total. The van der Waals surface area contributed by atoms with Crippen molar-refractivity contribution in [3.05, 3.63) is 0 Å². The standard InChI is InChI=1S/C9H18N2O/c10-4-8-2-1-3-11(5-8)9-6-12-7-9/h8-9H,1-7,10H2. The number of ether oxygens (including phenoxy) is 1. The molecular weight excluding hydrogens is 152 g/mol. The molecule has 70 valence electrons. The highest BCUT2D eigenvalue weighted by atomic mass is 16.5. The van der Waals surface area contributed by atoms with Crippen LogP contribution in [0.4, 0.5) is 0 Å². The summed E-state index contributed by atoms with van der Waals surface area (Å²) in [5.74, 6) is 0.736. The first-order chi connectivity index (χ1) is 5.90. The highest BCUT2D eigenvalue weighted by Gasteiger charge is 2.29. The first-order valence-electron chi connectivity index (χ1n) is 4.92. The molecule has 0 radical (unpaired) electrons. The van der Waals surface area contributed by atoms with Gasteiger partial charge in [-0.1, -0.05) is 0 Å². The Labute approximate surface area is 73.9 Å². The van der Waals surface area contributed by atoms with Gasteiger partial charge in [0, 0.05) is 6.54 Å². The molecule has 2 aliphatic heterocycles.